The van der Waals surface area contributed by atoms with Gasteiger partial charge in [-0.05, 0) is 67.5 Å². The lowest BCUT2D eigenvalue weighted by molar-refractivity contribution is -0.173. The van der Waals surface area contributed by atoms with Crippen molar-refractivity contribution in [2.45, 2.75) is 39.0 Å². The molecule has 186 valence electrons. The number of rotatable bonds is 8. The predicted molar refractivity (Wildman–Crippen MR) is 138 cm³/mol. The quantitative estimate of drug-likeness (QED) is 0.356. The Morgan fingerprint density at radius 1 is 0.806 bits per heavy atom. The molecule has 1 amide bonds. The molecule has 1 atom stereocenters. The number of benzene rings is 3. The molecule has 0 aliphatic heterocycles. The van der Waals surface area contributed by atoms with Crippen LogP contribution in [0.3, 0.4) is 0 Å². The summed E-state index contributed by atoms with van der Waals surface area (Å²) in [7, 11) is 0. The van der Waals surface area contributed by atoms with E-state index in [1.807, 2.05) is 66.7 Å². The van der Waals surface area contributed by atoms with Gasteiger partial charge in [0.1, 0.15) is 0 Å². The number of ether oxygens (including phenoxy) is 2. The van der Waals surface area contributed by atoms with Gasteiger partial charge in [0.15, 0.2) is 5.41 Å². The Morgan fingerprint density at radius 3 is 2.03 bits per heavy atom. The monoisotopic (exact) mass is 485 g/mol. The van der Waals surface area contributed by atoms with E-state index in [4.69, 9.17) is 9.47 Å². The zero-order valence-corrected chi connectivity index (χ0v) is 20.7. The number of esters is 2. The molecule has 36 heavy (non-hydrogen) atoms. The average Bonchev–Trinajstić information content (AvgIpc) is 2.90. The number of nitrogens with one attached hydrogen (secondary N) is 1. The average molecular weight is 486 g/mol. The first kappa shape index (κ1) is 25.2. The van der Waals surface area contributed by atoms with Crippen molar-refractivity contribution in [3.8, 4) is 0 Å². The second kappa shape index (κ2) is 11.2. The van der Waals surface area contributed by atoms with Crippen LogP contribution < -0.4 is 5.32 Å². The zero-order chi connectivity index (χ0) is 25.5. The third-order valence-electron chi connectivity index (χ3n) is 6.60. The van der Waals surface area contributed by atoms with Gasteiger partial charge in [-0.15, -0.1) is 0 Å². The minimum atomic E-state index is -1.57. The van der Waals surface area contributed by atoms with E-state index in [9.17, 15) is 14.4 Å². The van der Waals surface area contributed by atoms with E-state index in [1.54, 1.807) is 13.8 Å². The molecule has 4 rings (SSSR count). The number of fused-ring (bicyclic) bond motifs is 1. The van der Waals surface area contributed by atoms with Crippen molar-refractivity contribution in [2.24, 2.45) is 5.41 Å². The molecule has 6 nitrogen and oxygen atoms in total. The number of carbonyl (C=O) groups is 3. The van der Waals surface area contributed by atoms with Gasteiger partial charge in [-0.25, -0.2) is 0 Å². The maximum atomic E-state index is 13.5. The first-order chi connectivity index (χ1) is 17.5. The summed E-state index contributed by atoms with van der Waals surface area (Å²) in [5.41, 5.74) is 3.00. The van der Waals surface area contributed by atoms with Gasteiger partial charge < -0.3 is 14.8 Å². The van der Waals surface area contributed by atoms with E-state index < -0.39 is 23.3 Å². The molecule has 0 aromatic heterocycles. The number of hydrogen-bond donors (Lipinski definition) is 1. The smallest absolute Gasteiger partial charge is 0.323 e. The fourth-order valence-corrected chi connectivity index (χ4v) is 4.82. The van der Waals surface area contributed by atoms with Gasteiger partial charge in [0.2, 0.25) is 5.91 Å². The Bertz CT molecular complexity index is 1200. The van der Waals surface area contributed by atoms with E-state index in [-0.39, 0.29) is 32.0 Å². The van der Waals surface area contributed by atoms with Crippen LogP contribution in [0.25, 0.3) is 0 Å². The Morgan fingerprint density at radius 2 is 1.39 bits per heavy atom. The molecule has 0 spiro atoms. The molecule has 1 N–H and O–H groups in total. The van der Waals surface area contributed by atoms with Gasteiger partial charge in [-0.3, -0.25) is 14.4 Å². The number of amides is 1. The third-order valence-corrected chi connectivity index (χ3v) is 6.60. The molecular formula is C30H31NO5. The van der Waals surface area contributed by atoms with Gasteiger partial charge in [0.25, 0.3) is 0 Å². The maximum Gasteiger partial charge on any atom is 0.323 e. The fourth-order valence-electron chi connectivity index (χ4n) is 4.82. The largest absolute Gasteiger partial charge is 0.465 e. The highest BCUT2D eigenvalue weighted by Gasteiger charge is 2.54. The van der Waals surface area contributed by atoms with Crippen LogP contribution in [0.1, 0.15) is 48.4 Å². The normalized spacial score (nSPS) is 15.9. The minimum absolute atomic E-state index is 0.0143. The van der Waals surface area contributed by atoms with E-state index in [0.717, 1.165) is 23.1 Å². The number of carbonyl (C=O) groups excluding carboxylic acids is 3. The first-order valence-electron chi connectivity index (χ1n) is 12.3. The first-order valence-corrected chi connectivity index (χ1v) is 12.3. The molecule has 1 aliphatic rings. The van der Waals surface area contributed by atoms with Crippen LogP contribution in [0, 0.1) is 5.41 Å². The van der Waals surface area contributed by atoms with Crippen molar-refractivity contribution in [3.05, 3.63) is 101 Å². The molecule has 0 saturated carbocycles. The second-order valence-corrected chi connectivity index (χ2v) is 9.00. The van der Waals surface area contributed by atoms with Gasteiger partial charge in [-0.1, -0.05) is 66.7 Å². The molecule has 3 aromatic carbocycles. The lowest BCUT2D eigenvalue weighted by Crippen LogP contribution is -2.48. The highest BCUT2D eigenvalue weighted by molar-refractivity contribution is 6.03. The molecule has 6 heteroatoms. The SMILES string of the molecule is CCOC(=O)C1(C(=O)OCC)Cc2ccccc2C(C(=O)Nc2ccc(Cc3ccccc3)cc2)C1. The molecular weight excluding hydrogens is 454 g/mol. The summed E-state index contributed by atoms with van der Waals surface area (Å²) >= 11 is 0. The number of hydrogen-bond acceptors (Lipinski definition) is 5. The van der Waals surface area contributed by atoms with E-state index >= 15 is 0 Å². The van der Waals surface area contributed by atoms with Gasteiger partial charge in [-0.2, -0.15) is 0 Å². The van der Waals surface area contributed by atoms with Crippen molar-refractivity contribution in [1.82, 2.24) is 0 Å². The van der Waals surface area contributed by atoms with Crippen molar-refractivity contribution in [2.75, 3.05) is 18.5 Å². The van der Waals surface area contributed by atoms with Crippen molar-refractivity contribution in [3.63, 3.8) is 0 Å². The lowest BCUT2D eigenvalue weighted by Gasteiger charge is -2.37. The van der Waals surface area contributed by atoms with Crippen LogP contribution in [-0.2, 0) is 36.7 Å². The van der Waals surface area contributed by atoms with Crippen molar-refractivity contribution >= 4 is 23.5 Å². The van der Waals surface area contributed by atoms with E-state index in [2.05, 4.69) is 17.4 Å². The van der Waals surface area contributed by atoms with Gasteiger partial charge in [0.05, 0.1) is 19.1 Å². The second-order valence-electron chi connectivity index (χ2n) is 9.00. The van der Waals surface area contributed by atoms with E-state index in [0.29, 0.717) is 5.69 Å². The summed E-state index contributed by atoms with van der Waals surface area (Å²) in [5.74, 6) is -2.30. The molecule has 3 aromatic rings. The van der Waals surface area contributed by atoms with Crippen LogP contribution >= 0.6 is 0 Å². The summed E-state index contributed by atoms with van der Waals surface area (Å²) in [6.07, 6.45) is 0.922. The molecule has 0 radical (unpaired) electrons. The highest BCUT2D eigenvalue weighted by atomic mass is 16.6. The fraction of sp³-hybridized carbons (Fsp3) is 0.300. The van der Waals surface area contributed by atoms with Crippen LogP contribution in [0.5, 0.6) is 0 Å². The van der Waals surface area contributed by atoms with Crippen molar-refractivity contribution < 1.29 is 23.9 Å². The summed E-state index contributed by atoms with van der Waals surface area (Å²) in [6, 6.07) is 25.3. The van der Waals surface area contributed by atoms with Crippen LogP contribution in [0.4, 0.5) is 5.69 Å². The molecule has 0 fully saturated rings. The Labute approximate surface area is 211 Å². The minimum Gasteiger partial charge on any atom is -0.465 e. The topological polar surface area (TPSA) is 81.7 Å². The molecule has 1 unspecified atom stereocenters. The Kier molecular flexibility index (Phi) is 7.84. The van der Waals surface area contributed by atoms with Crippen LogP contribution in [0.15, 0.2) is 78.9 Å². The lowest BCUT2D eigenvalue weighted by atomic mass is 9.66. The summed E-state index contributed by atoms with van der Waals surface area (Å²) < 4.78 is 10.6. The maximum absolute atomic E-state index is 13.5. The van der Waals surface area contributed by atoms with Gasteiger partial charge >= 0.3 is 11.9 Å². The molecule has 1 aliphatic carbocycles. The van der Waals surface area contributed by atoms with Crippen LogP contribution in [0.2, 0.25) is 0 Å². The molecule has 0 bridgehead atoms. The third kappa shape index (κ3) is 5.33. The Balaban J connectivity index is 1.59. The van der Waals surface area contributed by atoms with Gasteiger partial charge in [0, 0.05) is 5.69 Å². The molecule has 0 saturated heterocycles. The summed E-state index contributed by atoms with van der Waals surface area (Å²) in [5, 5.41) is 2.98. The predicted octanol–water partition coefficient (Wildman–Crippen LogP) is 5.06. The standard InChI is InChI=1S/C30H31NO5/c1-3-35-28(33)30(29(34)36-4-2)19-23-12-8-9-13-25(23)26(20-30)27(32)31-24-16-14-22(15-17-24)18-21-10-6-5-7-11-21/h5-17,26H,3-4,18-20H2,1-2H3,(H,31,32). The highest BCUT2D eigenvalue weighted by Crippen LogP contribution is 2.45. The Hall–Kier alpha value is -3.93. The van der Waals surface area contributed by atoms with E-state index in [1.165, 1.54) is 5.56 Å². The molecule has 0 heterocycles. The summed E-state index contributed by atoms with van der Waals surface area (Å²) in [4.78, 5) is 39.8. The van der Waals surface area contributed by atoms with Crippen molar-refractivity contribution in [1.29, 1.82) is 0 Å². The number of anilines is 1. The summed E-state index contributed by atoms with van der Waals surface area (Å²) in [6.45, 7) is 3.65. The van der Waals surface area contributed by atoms with Crippen LogP contribution in [-0.4, -0.2) is 31.1 Å². The zero-order valence-electron chi connectivity index (χ0n) is 20.7.